The number of carboxylic acid groups (broad SMARTS) is 2. The highest BCUT2D eigenvalue weighted by Crippen LogP contribution is 2.34. The number of carbonyl (C=O) groups excluding carboxylic acids is 1. The molecule has 0 aromatic rings. The highest BCUT2D eigenvalue weighted by Gasteiger charge is 2.62. The maximum Gasteiger partial charge on any atom is 0.408 e. The number of carboxylic acids is 1. The third-order valence-electron chi connectivity index (χ3n) is 3.34. The van der Waals surface area contributed by atoms with Gasteiger partial charge in [0.15, 0.2) is 0 Å². The summed E-state index contributed by atoms with van der Waals surface area (Å²) >= 11 is 0. The minimum absolute atomic E-state index is 0.128. The summed E-state index contributed by atoms with van der Waals surface area (Å²) in [7, 11) is 0. The molecule has 2 N–H and O–H groups in total. The van der Waals surface area contributed by atoms with Crippen LogP contribution < -0.4 is 0 Å². The summed E-state index contributed by atoms with van der Waals surface area (Å²) in [4.78, 5) is 38.7. The molecule has 0 saturated carbocycles. The lowest BCUT2D eigenvalue weighted by molar-refractivity contribution is -0.183. The largest absolute Gasteiger partial charge is 0.479 e. The zero-order valence-electron chi connectivity index (χ0n) is 12.6. The molecular weight excluding hydrogens is 294 g/mol. The molecular formula is C13H19N3O6. The summed E-state index contributed by atoms with van der Waals surface area (Å²) in [6.07, 6.45) is -1.80. The Kier molecular flexibility index (Phi) is 5.05. The van der Waals surface area contributed by atoms with E-state index in [1.165, 1.54) is 0 Å². The van der Waals surface area contributed by atoms with Gasteiger partial charge in [-0.3, -0.25) is 9.69 Å². The second-order valence-electron chi connectivity index (χ2n) is 5.98. The summed E-state index contributed by atoms with van der Waals surface area (Å²) in [5.41, 5.74) is 5.30. The first-order valence-electron chi connectivity index (χ1n) is 6.71. The van der Waals surface area contributed by atoms with Gasteiger partial charge in [0.25, 0.3) is 5.78 Å². The number of aliphatic carboxylic acids is 1. The maximum absolute atomic E-state index is 12.3. The molecule has 9 nitrogen and oxygen atoms in total. The van der Waals surface area contributed by atoms with E-state index in [-0.39, 0.29) is 13.0 Å². The van der Waals surface area contributed by atoms with E-state index in [2.05, 4.69) is 4.79 Å². The molecule has 0 radical (unpaired) electrons. The molecule has 122 valence electrons. The molecule has 1 saturated heterocycles. The van der Waals surface area contributed by atoms with Crippen LogP contribution in [0.25, 0.3) is 5.53 Å². The first kappa shape index (κ1) is 17.8. The Morgan fingerprint density at radius 1 is 1.36 bits per heavy atom. The molecule has 0 aliphatic carbocycles. The number of carbonyl (C=O) groups is 3. The van der Waals surface area contributed by atoms with Crippen molar-refractivity contribution in [3.05, 3.63) is 5.53 Å². The van der Waals surface area contributed by atoms with E-state index >= 15 is 0 Å². The molecule has 22 heavy (non-hydrogen) atoms. The van der Waals surface area contributed by atoms with Gasteiger partial charge in [0.1, 0.15) is 6.10 Å². The number of hydrogen-bond donors (Lipinski definition) is 2. The van der Waals surface area contributed by atoms with Crippen molar-refractivity contribution in [1.29, 1.82) is 0 Å². The number of likely N-dealkylation sites (tertiary alicyclic amines) is 1. The summed E-state index contributed by atoms with van der Waals surface area (Å²) in [5, 5.41) is 18.9. The van der Waals surface area contributed by atoms with Crippen molar-refractivity contribution >= 4 is 24.1 Å². The molecule has 0 bridgehead atoms. The number of ketones is 1. The Balaban J connectivity index is 3.51. The standard InChI is InChI=1S/C13H19N3O6/c1-12(2,3)22-9-5-4-6-16(11(20)21)13(9,10(18)19)8(17)7-15-14/h7,9H,4-6H2,1-3H3,(H,18,19)(H,20,21)/t9-,13-/m0/s1. The van der Waals surface area contributed by atoms with Crippen molar-refractivity contribution in [2.45, 2.75) is 50.9 Å². The molecule has 0 aromatic heterocycles. The molecule has 0 aromatic carbocycles. The fourth-order valence-corrected chi connectivity index (χ4v) is 2.61. The lowest BCUT2D eigenvalue weighted by Crippen LogP contribution is -2.72. The quantitative estimate of drug-likeness (QED) is 0.337. The number of hydrogen-bond acceptors (Lipinski definition) is 4. The topological polar surface area (TPSA) is 141 Å². The highest BCUT2D eigenvalue weighted by molar-refractivity contribution is 6.36. The van der Waals surface area contributed by atoms with Gasteiger partial charge in [-0.15, -0.1) is 0 Å². The van der Waals surface area contributed by atoms with Crippen LogP contribution in [-0.2, 0) is 14.3 Å². The summed E-state index contributed by atoms with van der Waals surface area (Å²) < 4.78 is 5.65. The van der Waals surface area contributed by atoms with Crippen LogP contribution in [0.5, 0.6) is 0 Å². The maximum atomic E-state index is 12.3. The van der Waals surface area contributed by atoms with Crippen molar-refractivity contribution in [1.82, 2.24) is 4.90 Å². The van der Waals surface area contributed by atoms with Gasteiger partial charge in [-0.2, -0.15) is 4.79 Å². The van der Waals surface area contributed by atoms with Crippen LogP contribution in [0.2, 0.25) is 0 Å². The Morgan fingerprint density at radius 2 is 1.95 bits per heavy atom. The van der Waals surface area contributed by atoms with Crippen LogP contribution in [0.3, 0.4) is 0 Å². The lowest BCUT2D eigenvalue weighted by Gasteiger charge is -2.46. The predicted octanol–water partition coefficient (Wildman–Crippen LogP) is 0.637. The Morgan fingerprint density at radius 3 is 2.36 bits per heavy atom. The average molecular weight is 313 g/mol. The predicted molar refractivity (Wildman–Crippen MR) is 73.6 cm³/mol. The number of nitrogens with zero attached hydrogens (tertiary/aromatic N) is 3. The van der Waals surface area contributed by atoms with Gasteiger partial charge < -0.3 is 20.5 Å². The molecule has 0 unspecified atom stereocenters. The van der Waals surface area contributed by atoms with Gasteiger partial charge in [0, 0.05) is 6.54 Å². The van der Waals surface area contributed by atoms with E-state index in [0.29, 0.717) is 17.5 Å². The Hall–Kier alpha value is -2.25. The minimum atomic E-state index is -2.47. The van der Waals surface area contributed by atoms with Crippen LogP contribution in [0.4, 0.5) is 4.79 Å². The van der Waals surface area contributed by atoms with Crippen molar-refractivity contribution in [3.63, 3.8) is 0 Å². The summed E-state index contributed by atoms with van der Waals surface area (Å²) in [5.74, 6) is -2.81. The van der Waals surface area contributed by atoms with Gasteiger partial charge in [0.05, 0.1) is 5.60 Å². The lowest BCUT2D eigenvalue weighted by atomic mass is 9.80. The highest BCUT2D eigenvalue weighted by atomic mass is 16.5. The van der Waals surface area contributed by atoms with Gasteiger partial charge in [-0.25, -0.2) is 9.59 Å². The number of amides is 1. The van der Waals surface area contributed by atoms with Crippen LogP contribution in [-0.4, -0.2) is 67.8 Å². The molecule has 1 rings (SSSR count). The number of rotatable bonds is 4. The molecule has 9 heteroatoms. The third kappa shape index (κ3) is 3.15. The molecule has 1 aliphatic heterocycles. The molecule has 0 spiro atoms. The monoisotopic (exact) mass is 313 g/mol. The first-order valence-corrected chi connectivity index (χ1v) is 6.71. The smallest absolute Gasteiger partial charge is 0.408 e. The van der Waals surface area contributed by atoms with Crippen molar-refractivity contribution in [3.8, 4) is 0 Å². The second kappa shape index (κ2) is 6.25. The van der Waals surface area contributed by atoms with Crippen molar-refractivity contribution < 1.29 is 34.1 Å². The second-order valence-corrected chi connectivity index (χ2v) is 5.98. The Bertz CT molecular complexity index is 534. The first-order chi connectivity index (χ1) is 10.1. The van der Waals surface area contributed by atoms with Gasteiger partial charge >= 0.3 is 18.3 Å². The summed E-state index contributed by atoms with van der Waals surface area (Å²) in [6.45, 7) is 4.88. The van der Waals surface area contributed by atoms with Crippen LogP contribution >= 0.6 is 0 Å². The summed E-state index contributed by atoms with van der Waals surface area (Å²) in [6, 6.07) is 0. The fraction of sp³-hybridized carbons (Fsp3) is 0.692. The molecule has 1 heterocycles. The molecule has 1 amide bonds. The molecule has 1 aliphatic rings. The normalized spacial score (nSPS) is 25.2. The van der Waals surface area contributed by atoms with Crippen molar-refractivity contribution in [2.24, 2.45) is 0 Å². The van der Waals surface area contributed by atoms with Crippen LogP contribution in [0.15, 0.2) is 0 Å². The van der Waals surface area contributed by atoms with Crippen LogP contribution in [0, 0.1) is 0 Å². The Labute approximate surface area is 127 Å². The number of ether oxygens (including phenoxy) is 1. The van der Waals surface area contributed by atoms with Gasteiger partial charge in [0.2, 0.25) is 5.54 Å². The fourth-order valence-electron chi connectivity index (χ4n) is 2.61. The van der Waals surface area contributed by atoms with Gasteiger partial charge in [-0.05, 0) is 33.6 Å². The molecule has 1 fully saturated rings. The number of Topliss-reactive ketones (excluding diaryl/α,β-unsaturated/α-hetero) is 1. The van der Waals surface area contributed by atoms with Crippen molar-refractivity contribution in [2.75, 3.05) is 6.54 Å². The zero-order valence-corrected chi connectivity index (χ0v) is 12.6. The number of piperidine rings is 1. The van der Waals surface area contributed by atoms with E-state index in [0.717, 1.165) is 0 Å². The van der Waals surface area contributed by atoms with Crippen LogP contribution in [0.1, 0.15) is 33.6 Å². The van der Waals surface area contributed by atoms with E-state index < -0.39 is 35.1 Å². The van der Waals surface area contributed by atoms with Gasteiger partial charge in [-0.1, -0.05) is 0 Å². The van der Waals surface area contributed by atoms with E-state index in [9.17, 15) is 24.6 Å². The minimum Gasteiger partial charge on any atom is -0.479 e. The zero-order chi connectivity index (χ0) is 17.1. The SMILES string of the molecule is CC(C)(C)O[C@H]1CCCN(C(=O)O)[C@@]1(C(=O)O)C(=O)C=[N+]=[N-]. The van der Waals surface area contributed by atoms with E-state index in [1.807, 2.05) is 0 Å². The van der Waals surface area contributed by atoms with E-state index in [1.54, 1.807) is 20.8 Å². The van der Waals surface area contributed by atoms with E-state index in [4.69, 9.17) is 10.3 Å². The third-order valence-corrected chi connectivity index (χ3v) is 3.34. The molecule has 2 atom stereocenters. The average Bonchev–Trinajstić information content (AvgIpc) is 2.36.